The van der Waals surface area contributed by atoms with E-state index in [0.717, 1.165) is 34.9 Å². The Balaban J connectivity index is 0.000000233. The molecule has 5 rings (SSSR count). The number of nitrogens with one attached hydrogen (secondary N) is 1. The molecule has 0 bridgehead atoms. The Kier molecular flexibility index (Phi) is 13.6. The summed E-state index contributed by atoms with van der Waals surface area (Å²) in [6.45, 7) is 2.80. The van der Waals surface area contributed by atoms with Crippen molar-refractivity contribution < 1.29 is 26.7 Å². The number of aliphatic hydroxyl groups excluding tert-OH is 1. The number of primary sulfonamides is 2. The molecule has 10 nitrogen and oxygen atoms in total. The molecule has 46 heavy (non-hydrogen) atoms. The van der Waals surface area contributed by atoms with Crippen molar-refractivity contribution in [3.8, 4) is 22.3 Å². The van der Waals surface area contributed by atoms with Crippen LogP contribution in [0.2, 0.25) is 0 Å². The van der Waals surface area contributed by atoms with Crippen LogP contribution < -0.4 is 21.3 Å². The summed E-state index contributed by atoms with van der Waals surface area (Å²) in [6, 6.07) is 29.1. The van der Waals surface area contributed by atoms with Crippen molar-refractivity contribution >= 4 is 26.5 Å². The fraction of sp³-hybridized carbons (Fsp3) is 0.265. The van der Waals surface area contributed by atoms with E-state index in [1.54, 1.807) is 36.4 Å². The lowest BCUT2D eigenvalue weighted by molar-refractivity contribution is -0.106. The van der Waals surface area contributed by atoms with Crippen molar-refractivity contribution in [3.63, 3.8) is 0 Å². The van der Waals surface area contributed by atoms with E-state index in [4.69, 9.17) is 20.2 Å². The van der Waals surface area contributed by atoms with Crippen molar-refractivity contribution in [2.24, 2.45) is 27.8 Å². The third-order valence-corrected chi connectivity index (χ3v) is 9.83. The Morgan fingerprint density at radius 3 is 1.57 bits per heavy atom. The second-order valence-electron chi connectivity index (χ2n) is 11.1. The van der Waals surface area contributed by atoms with Gasteiger partial charge in [-0.3, -0.25) is 10.1 Å². The van der Waals surface area contributed by atoms with E-state index >= 15 is 0 Å². The highest BCUT2D eigenvalue weighted by Crippen LogP contribution is 2.34. The third-order valence-electron chi connectivity index (χ3n) is 7.89. The second kappa shape index (κ2) is 17.1. The fourth-order valence-corrected chi connectivity index (χ4v) is 7.08. The largest absolute Gasteiger partial charge is 0.381 e. The van der Waals surface area contributed by atoms with Crippen molar-refractivity contribution in [1.82, 2.24) is 5.32 Å². The Bertz CT molecular complexity index is 1780. The van der Waals surface area contributed by atoms with Crippen LogP contribution in [0.5, 0.6) is 0 Å². The van der Waals surface area contributed by atoms with Gasteiger partial charge in [0.2, 0.25) is 26.5 Å². The maximum atomic E-state index is 11.7. The number of aliphatic hydroxyl groups is 1. The zero-order chi connectivity index (χ0) is 33.7. The maximum Gasteiger partial charge on any atom is 0.238 e. The molecule has 0 saturated heterocycles. The van der Waals surface area contributed by atoms with Gasteiger partial charge < -0.3 is 10.8 Å². The number of amides is 1. The molecule has 1 fully saturated rings. The zero-order valence-electron chi connectivity index (χ0n) is 25.7. The number of benzene rings is 4. The molecule has 1 saturated carbocycles. The van der Waals surface area contributed by atoms with Crippen LogP contribution in [-0.2, 0) is 37.8 Å². The van der Waals surface area contributed by atoms with E-state index in [0.29, 0.717) is 17.7 Å². The first-order chi connectivity index (χ1) is 21.9. The Morgan fingerprint density at radius 2 is 1.17 bits per heavy atom. The number of nitrogens with two attached hydrogens (primary N) is 3. The van der Waals surface area contributed by atoms with Gasteiger partial charge in [-0.25, -0.2) is 27.1 Å². The van der Waals surface area contributed by atoms with Crippen LogP contribution in [0.3, 0.4) is 0 Å². The molecule has 0 aliphatic heterocycles. The summed E-state index contributed by atoms with van der Waals surface area (Å²) >= 11 is 0. The van der Waals surface area contributed by atoms with Gasteiger partial charge in [-0.1, -0.05) is 105 Å². The maximum absolute atomic E-state index is 11.7. The number of primary amides is 1. The summed E-state index contributed by atoms with van der Waals surface area (Å²) in [5.74, 6) is 1.58. The van der Waals surface area contributed by atoms with Crippen molar-refractivity contribution in [1.29, 1.82) is 0 Å². The molecule has 0 heterocycles. The van der Waals surface area contributed by atoms with Gasteiger partial charge in [-0.05, 0) is 59.1 Å². The van der Waals surface area contributed by atoms with Crippen molar-refractivity contribution in [2.75, 3.05) is 6.73 Å². The Morgan fingerprint density at radius 1 is 0.739 bits per heavy atom. The summed E-state index contributed by atoms with van der Waals surface area (Å²) < 4.78 is 46.6. The van der Waals surface area contributed by atoms with Crippen LogP contribution in [0, 0.1) is 11.8 Å². The van der Waals surface area contributed by atoms with Crippen LogP contribution in [0.4, 0.5) is 0 Å². The molecule has 1 aliphatic rings. The van der Waals surface area contributed by atoms with Crippen molar-refractivity contribution in [3.05, 3.63) is 108 Å². The van der Waals surface area contributed by atoms with Gasteiger partial charge in [0.1, 0.15) is 0 Å². The van der Waals surface area contributed by atoms with Crippen LogP contribution in [0.25, 0.3) is 22.3 Å². The molecule has 0 aromatic heterocycles. The summed E-state index contributed by atoms with van der Waals surface area (Å²) in [5.41, 5.74) is 9.39. The van der Waals surface area contributed by atoms with E-state index < -0.39 is 20.0 Å². The van der Waals surface area contributed by atoms with Gasteiger partial charge >= 0.3 is 0 Å². The number of sulfonamides is 2. The summed E-state index contributed by atoms with van der Waals surface area (Å²) in [7, 11) is -7.47. The fourth-order valence-electron chi connectivity index (χ4n) is 5.56. The van der Waals surface area contributed by atoms with Gasteiger partial charge in [0.25, 0.3) is 0 Å². The second-order valence-corrected chi connectivity index (χ2v) is 14.1. The molecule has 2 atom stereocenters. The molecule has 0 radical (unpaired) electrons. The zero-order valence-corrected chi connectivity index (χ0v) is 27.4. The van der Waals surface area contributed by atoms with E-state index in [2.05, 4.69) is 30.1 Å². The highest BCUT2D eigenvalue weighted by atomic mass is 32.2. The van der Waals surface area contributed by atoms with E-state index in [-0.39, 0.29) is 22.9 Å². The van der Waals surface area contributed by atoms with Crippen LogP contribution >= 0.6 is 0 Å². The molecule has 1 unspecified atom stereocenters. The van der Waals surface area contributed by atoms with Gasteiger partial charge in [0, 0.05) is 17.7 Å². The first-order valence-electron chi connectivity index (χ1n) is 14.8. The third kappa shape index (κ3) is 10.6. The van der Waals surface area contributed by atoms with Gasteiger partial charge in [-0.15, -0.1) is 0 Å². The molecular weight excluding hydrogens is 625 g/mol. The lowest BCUT2D eigenvalue weighted by atomic mass is 9.90. The quantitative estimate of drug-likeness (QED) is 0.131. The minimum atomic E-state index is -3.75. The van der Waals surface area contributed by atoms with E-state index in [9.17, 15) is 16.8 Å². The summed E-state index contributed by atoms with van der Waals surface area (Å²) in [5, 5.41) is 22.0. The normalized spacial score (nSPS) is 16.0. The predicted octanol–water partition coefficient (Wildman–Crippen LogP) is 4.12. The minimum absolute atomic E-state index is 0.0873. The highest BCUT2D eigenvalue weighted by Gasteiger charge is 2.23. The molecule has 4 aromatic rings. The molecule has 8 N–H and O–H groups in total. The Hall–Kier alpha value is -3.91. The van der Waals surface area contributed by atoms with Crippen LogP contribution in [-0.4, -0.2) is 35.1 Å². The Labute approximate surface area is 271 Å². The van der Waals surface area contributed by atoms with Gasteiger partial charge in [0.15, 0.2) is 0 Å². The molecule has 4 aromatic carbocycles. The van der Waals surface area contributed by atoms with Crippen LogP contribution in [0.1, 0.15) is 37.3 Å². The van der Waals surface area contributed by atoms with E-state index in [1.807, 2.05) is 42.5 Å². The first kappa shape index (κ1) is 36.6. The SMILES string of the molecule is C[C@@H]1CCCC1Cc1ccc(-c2ccccc2S(N)(=O)=O)cc1.NC=O.NS(=O)(=O)c1ccccc1-c1ccc(CNCO)cc1. The average molecular weight is 667 g/mol. The molecule has 1 amide bonds. The molecule has 1 aliphatic carbocycles. The molecule has 12 heteroatoms. The van der Waals surface area contributed by atoms with Gasteiger partial charge in [-0.2, -0.15) is 0 Å². The van der Waals surface area contributed by atoms with Crippen LogP contribution in [0.15, 0.2) is 107 Å². The minimum Gasteiger partial charge on any atom is -0.381 e. The monoisotopic (exact) mass is 666 g/mol. The lowest BCUT2D eigenvalue weighted by Crippen LogP contribution is -2.14. The lowest BCUT2D eigenvalue weighted by Gasteiger charge is -2.15. The highest BCUT2D eigenvalue weighted by molar-refractivity contribution is 7.89. The number of carbonyl (C=O) groups excluding carboxylic acids is 1. The smallest absolute Gasteiger partial charge is 0.238 e. The number of hydrogen-bond acceptors (Lipinski definition) is 7. The predicted molar refractivity (Wildman–Crippen MR) is 181 cm³/mol. The van der Waals surface area contributed by atoms with E-state index in [1.165, 1.54) is 30.9 Å². The topological polar surface area (TPSA) is 196 Å². The summed E-state index contributed by atoms with van der Waals surface area (Å²) in [4.78, 5) is 8.87. The number of hydrogen-bond donors (Lipinski definition) is 5. The molecular formula is C34H42N4O6S2. The number of rotatable bonds is 9. The standard InChI is InChI=1S/C19H23NO2S.C14H16N2O3S.CH3NO/c1-14-5-4-6-17(14)13-15-9-11-16(12-10-15)18-7-2-3-8-19(18)23(20,21)22;15-20(18,19)14-4-2-1-3-13(14)12-7-5-11(6-8-12)9-16-10-17;2-1-3/h2-3,7-12,14,17H,4-6,13H2,1H3,(H2,20,21,22);1-8,16-17H,9-10H2,(H2,15,18,19);1H,(H2,2,3)/t14-,17?;;/m1../s1. The first-order valence-corrected chi connectivity index (χ1v) is 17.9. The van der Waals surface area contributed by atoms with Crippen molar-refractivity contribution in [2.45, 2.75) is 48.9 Å². The molecule has 0 spiro atoms. The average Bonchev–Trinajstić information content (AvgIpc) is 3.44. The number of carbonyl (C=O) groups is 1. The molecule has 246 valence electrons. The summed E-state index contributed by atoms with van der Waals surface area (Å²) in [6.07, 6.45) is 5.35. The van der Waals surface area contributed by atoms with Gasteiger partial charge in [0.05, 0.1) is 16.5 Å².